The van der Waals surface area contributed by atoms with Crippen LogP contribution in [0.25, 0.3) is 10.9 Å². The van der Waals surface area contributed by atoms with Crippen LogP contribution in [0.5, 0.6) is 0 Å². The van der Waals surface area contributed by atoms with Crippen LogP contribution in [-0.2, 0) is 4.74 Å². The van der Waals surface area contributed by atoms with E-state index in [-0.39, 0.29) is 0 Å². The number of halogens is 1. The van der Waals surface area contributed by atoms with E-state index in [1.54, 1.807) is 12.4 Å². The zero-order chi connectivity index (χ0) is 20.3. The van der Waals surface area contributed by atoms with Crippen molar-refractivity contribution in [2.45, 2.75) is 0 Å². The summed E-state index contributed by atoms with van der Waals surface area (Å²) in [7, 11) is 0. The van der Waals surface area contributed by atoms with Crippen LogP contribution in [0.15, 0.2) is 59.3 Å². The fourth-order valence-electron chi connectivity index (χ4n) is 3.38. The summed E-state index contributed by atoms with van der Waals surface area (Å²) < 4.78 is 6.21. The van der Waals surface area contributed by atoms with Gasteiger partial charge in [0.05, 0.1) is 29.4 Å². The van der Waals surface area contributed by atoms with E-state index in [1.165, 1.54) is 5.69 Å². The summed E-state index contributed by atoms with van der Waals surface area (Å²) in [5.74, 6) is 1.20. The quantitative estimate of drug-likeness (QED) is 0.401. The Kier molecular flexibility index (Phi) is 5.20. The Hall–Kier alpha value is -3.17. The number of hydrogen-bond acceptors (Lipinski definition) is 7. The number of nitrogens with zero attached hydrogens (tertiary/aromatic N) is 4. The molecule has 152 valence electrons. The van der Waals surface area contributed by atoms with Gasteiger partial charge in [0.1, 0.15) is 5.82 Å². The van der Waals surface area contributed by atoms with E-state index in [1.807, 2.05) is 18.2 Å². The number of ether oxygens (including phenoxy) is 1. The Bertz CT molecular complexity index is 1160. The largest absolute Gasteiger partial charge is 0.378 e. The van der Waals surface area contributed by atoms with Gasteiger partial charge in [-0.1, -0.05) is 0 Å². The Balaban J connectivity index is 1.31. The minimum absolute atomic E-state index is 0.508. The van der Waals surface area contributed by atoms with Crippen molar-refractivity contribution < 1.29 is 4.74 Å². The monoisotopic (exact) mass is 465 g/mol. The number of fused-ring (bicyclic) bond motifs is 1. The first kappa shape index (κ1) is 18.8. The zero-order valence-corrected chi connectivity index (χ0v) is 17.7. The van der Waals surface area contributed by atoms with Crippen LogP contribution < -0.4 is 15.5 Å². The van der Waals surface area contributed by atoms with Gasteiger partial charge in [-0.25, -0.2) is 4.98 Å². The number of benzene rings is 2. The van der Waals surface area contributed by atoms with Crippen LogP contribution in [0.2, 0.25) is 0 Å². The number of H-pyrrole nitrogens is 1. The van der Waals surface area contributed by atoms with E-state index < -0.39 is 0 Å². The molecule has 1 saturated heterocycles. The van der Waals surface area contributed by atoms with Crippen LogP contribution in [-0.4, -0.2) is 46.5 Å². The van der Waals surface area contributed by atoms with Gasteiger partial charge in [-0.05, 0) is 58.4 Å². The van der Waals surface area contributed by atoms with Crippen molar-refractivity contribution in [2.24, 2.45) is 0 Å². The first-order valence-electron chi connectivity index (χ1n) is 9.67. The molecule has 0 unspecified atom stereocenters. The van der Waals surface area contributed by atoms with Crippen LogP contribution in [0.1, 0.15) is 0 Å². The molecule has 0 radical (unpaired) electrons. The van der Waals surface area contributed by atoms with E-state index in [0.717, 1.165) is 53.1 Å². The molecular weight excluding hydrogens is 446 g/mol. The molecule has 4 aromatic rings. The van der Waals surface area contributed by atoms with Crippen molar-refractivity contribution in [1.82, 2.24) is 20.2 Å². The van der Waals surface area contributed by atoms with Crippen molar-refractivity contribution in [3.8, 4) is 0 Å². The number of aromatic amines is 1. The molecule has 1 aliphatic rings. The second kappa shape index (κ2) is 8.29. The summed E-state index contributed by atoms with van der Waals surface area (Å²) in [4.78, 5) is 11.3. The highest BCUT2D eigenvalue weighted by atomic mass is 79.9. The average molecular weight is 466 g/mol. The fraction of sp³-hybridized carbons (Fsp3) is 0.190. The third-order valence-corrected chi connectivity index (χ3v) is 5.53. The lowest BCUT2D eigenvalue weighted by atomic mass is 10.2. The number of anilines is 5. The van der Waals surface area contributed by atoms with Crippen LogP contribution in [0.3, 0.4) is 0 Å². The van der Waals surface area contributed by atoms with Gasteiger partial charge in [-0.15, -0.1) is 0 Å². The fourth-order valence-corrected chi connectivity index (χ4v) is 3.67. The van der Waals surface area contributed by atoms with Gasteiger partial charge in [-0.3, -0.25) is 5.10 Å². The lowest BCUT2D eigenvalue weighted by molar-refractivity contribution is 0.122. The highest BCUT2D eigenvalue weighted by molar-refractivity contribution is 9.10. The molecule has 8 nitrogen and oxygen atoms in total. The number of rotatable bonds is 5. The normalized spacial score (nSPS) is 14.1. The third kappa shape index (κ3) is 4.07. The van der Waals surface area contributed by atoms with E-state index in [2.05, 4.69) is 75.9 Å². The summed E-state index contributed by atoms with van der Waals surface area (Å²) in [6, 6.07) is 14.3. The number of hydrogen-bond donors (Lipinski definition) is 3. The Labute approximate surface area is 181 Å². The molecule has 2 aromatic heterocycles. The van der Waals surface area contributed by atoms with Crippen molar-refractivity contribution in [1.29, 1.82) is 0 Å². The van der Waals surface area contributed by atoms with Gasteiger partial charge in [0, 0.05) is 41.7 Å². The van der Waals surface area contributed by atoms with Gasteiger partial charge in [0.2, 0.25) is 5.95 Å². The van der Waals surface area contributed by atoms with Gasteiger partial charge < -0.3 is 20.3 Å². The zero-order valence-electron chi connectivity index (χ0n) is 16.1. The predicted molar refractivity (Wildman–Crippen MR) is 122 cm³/mol. The maximum absolute atomic E-state index is 5.42. The molecule has 5 rings (SSSR count). The first-order chi connectivity index (χ1) is 14.7. The Morgan fingerprint density at radius 1 is 0.967 bits per heavy atom. The molecular formula is C21H20BrN7O. The van der Waals surface area contributed by atoms with Crippen LogP contribution in [0, 0.1) is 0 Å². The van der Waals surface area contributed by atoms with E-state index in [0.29, 0.717) is 11.8 Å². The maximum atomic E-state index is 5.42. The smallest absolute Gasteiger partial charge is 0.229 e. The van der Waals surface area contributed by atoms with Crippen molar-refractivity contribution in [3.63, 3.8) is 0 Å². The van der Waals surface area contributed by atoms with Gasteiger partial charge in [-0.2, -0.15) is 10.1 Å². The molecule has 0 spiro atoms. The molecule has 1 aliphatic heterocycles. The van der Waals surface area contributed by atoms with E-state index in [9.17, 15) is 0 Å². The molecule has 0 atom stereocenters. The van der Waals surface area contributed by atoms with Gasteiger partial charge >= 0.3 is 0 Å². The minimum atomic E-state index is 0.508. The van der Waals surface area contributed by atoms with Crippen molar-refractivity contribution in [3.05, 3.63) is 59.3 Å². The lowest BCUT2D eigenvalue weighted by Crippen LogP contribution is -2.36. The highest BCUT2D eigenvalue weighted by Crippen LogP contribution is 2.27. The van der Waals surface area contributed by atoms with Gasteiger partial charge in [0.15, 0.2) is 0 Å². The first-order valence-corrected chi connectivity index (χ1v) is 10.5. The summed E-state index contributed by atoms with van der Waals surface area (Å²) in [5, 5.41) is 14.6. The summed E-state index contributed by atoms with van der Waals surface area (Å²) in [5.41, 5.74) is 4.03. The average Bonchev–Trinajstić information content (AvgIpc) is 3.25. The van der Waals surface area contributed by atoms with Crippen LogP contribution in [0.4, 0.5) is 28.8 Å². The molecule has 2 aromatic carbocycles. The summed E-state index contributed by atoms with van der Waals surface area (Å²) in [6.45, 7) is 3.39. The molecule has 30 heavy (non-hydrogen) atoms. The third-order valence-electron chi connectivity index (χ3n) is 4.95. The number of nitrogens with one attached hydrogen (secondary N) is 3. The van der Waals surface area contributed by atoms with E-state index in [4.69, 9.17) is 4.74 Å². The SMILES string of the molecule is Brc1cnc(Nc2ccc3[nH]ncc3c2)nc1Nc1ccc(N2CCOCC2)cc1. The molecule has 3 heterocycles. The molecule has 0 aliphatic carbocycles. The molecule has 0 saturated carbocycles. The van der Waals surface area contributed by atoms with Crippen molar-refractivity contribution in [2.75, 3.05) is 41.8 Å². The Morgan fingerprint density at radius 2 is 1.77 bits per heavy atom. The lowest BCUT2D eigenvalue weighted by Gasteiger charge is -2.28. The van der Waals surface area contributed by atoms with Gasteiger partial charge in [0.25, 0.3) is 0 Å². The molecule has 9 heteroatoms. The summed E-state index contributed by atoms with van der Waals surface area (Å²) >= 11 is 3.53. The summed E-state index contributed by atoms with van der Waals surface area (Å²) in [6.07, 6.45) is 3.52. The predicted octanol–water partition coefficient (Wildman–Crippen LogP) is 4.44. The number of aromatic nitrogens is 4. The standard InChI is InChI=1S/C21H20BrN7O/c22-18-13-23-21(26-16-3-6-19-14(11-16)12-24-28-19)27-20(18)25-15-1-4-17(5-2-15)29-7-9-30-10-8-29/h1-6,11-13H,7-10H2,(H,24,28)(H2,23,25,26,27). The molecule has 0 amide bonds. The molecule has 3 N–H and O–H groups in total. The highest BCUT2D eigenvalue weighted by Gasteiger charge is 2.11. The number of morpholine rings is 1. The molecule has 1 fully saturated rings. The van der Waals surface area contributed by atoms with Crippen LogP contribution >= 0.6 is 15.9 Å². The topological polar surface area (TPSA) is 91.0 Å². The second-order valence-corrected chi connectivity index (χ2v) is 7.81. The second-order valence-electron chi connectivity index (χ2n) is 6.96. The Morgan fingerprint density at radius 3 is 2.60 bits per heavy atom. The molecule has 0 bridgehead atoms. The minimum Gasteiger partial charge on any atom is -0.378 e. The maximum Gasteiger partial charge on any atom is 0.229 e. The van der Waals surface area contributed by atoms with E-state index >= 15 is 0 Å². The van der Waals surface area contributed by atoms with Crippen molar-refractivity contribution >= 4 is 55.7 Å².